The lowest BCUT2D eigenvalue weighted by atomic mass is 10.1. The van der Waals surface area contributed by atoms with E-state index in [0.29, 0.717) is 5.56 Å². The first kappa shape index (κ1) is 12.7. The van der Waals surface area contributed by atoms with Crippen LogP contribution in [0.25, 0.3) is 0 Å². The lowest BCUT2D eigenvalue weighted by molar-refractivity contribution is -0.138. The summed E-state index contributed by atoms with van der Waals surface area (Å²) < 4.78 is 18.2. The smallest absolute Gasteiger partial charge is 0.320 e. The highest BCUT2D eigenvalue weighted by atomic mass is 35.5. The Balaban J connectivity index is 3.07. The summed E-state index contributed by atoms with van der Waals surface area (Å²) in [4.78, 5) is 10.6. The van der Waals surface area contributed by atoms with E-state index in [1.54, 1.807) is 0 Å². The number of halogens is 2. The van der Waals surface area contributed by atoms with Crippen molar-refractivity contribution in [2.75, 3.05) is 7.11 Å². The second-order valence-corrected chi connectivity index (χ2v) is 3.67. The molecule has 0 fully saturated rings. The van der Waals surface area contributed by atoms with Crippen molar-refractivity contribution in [2.24, 2.45) is 5.73 Å². The van der Waals surface area contributed by atoms with Crippen molar-refractivity contribution < 1.29 is 19.0 Å². The molecular weight excluding hydrogens is 237 g/mol. The van der Waals surface area contributed by atoms with Crippen LogP contribution in [0.4, 0.5) is 4.39 Å². The van der Waals surface area contributed by atoms with Gasteiger partial charge in [0.2, 0.25) is 0 Å². The van der Waals surface area contributed by atoms with Crippen LogP contribution in [0.3, 0.4) is 0 Å². The summed E-state index contributed by atoms with van der Waals surface area (Å²) in [6.45, 7) is 0. The minimum absolute atomic E-state index is 0.0268. The highest BCUT2D eigenvalue weighted by Gasteiger charge is 2.18. The van der Waals surface area contributed by atoms with Crippen LogP contribution in [-0.2, 0) is 11.2 Å². The largest absolute Gasteiger partial charge is 0.493 e. The van der Waals surface area contributed by atoms with Crippen LogP contribution in [0.1, 0.15) is 5.56 Å². The van der Waals surface area contributed by atoms with Crippen molar-refractivity contribution in [1.29, 1.82) is 0 Å². The minimum atomic E-state index is -1.16. The highest BCUT2D eigenvalue weighted by molar-refractivity contribution is 6.30. The molecule has 1 atom stereocenters. The number of carboxylic acids is 1. The first-order chi connectivity index (χ1) is 7.45. The van der Waals surface area contributed by atoms with Gasteiger partial charge in [-0.1, -0.05) is 11.6 Å². The molecule has 16 heavy (non-hydrogen) atoms. The second kappa shape index (κ2) is 5.14. The van der Waals surface area contributed by atoms with Gasteiger partial charge in [0, 0.05) is 17.0 Å². The van der Waals surface area contributed by atoms with Gasteiger partial charge in [-0.05, 0) is 12.1 Å². The molecule has 0 radical (unpaired) electrons. The Labute approximate surface area is 96.8 Å². The molecule has 0 bridgehead atoms. The number of methoxy groups -OCH3 is 1. The molecule has 1 aromatic carbocycles. The molecule has 0 aliphatic heterocycles. The molecule has 0 aromatic heterocycles. The first-order valence-electron chi connectivity index (χ1n) is 4.46. The van der Waals surface area contributed by atoms with Gasteiger partial charge >= 0.3 is 5.97 Å². The van der Waals surface area contributed by atoms with E-state index in [2.05, 4.69) is 0 Å². The van der Waals surface area contributed by atoms with E-state index in [4.69, 9.17) is 27.2 Å². The van der Waals surface area contributed by atoms with Crippen molar-refractivity contribution >= 4 is 17.6 Å². The number of benzene rings is 1. The summed E-state index contributed by atoms with van der Waals surface area (Å²) in [6, 6.07) is 1.41. The van der Waals surface area contributed by atoms with Crippen molar-refractivity contribution in [3.05, 3.63) is 28.5 Å². The van der Waals surface area contributed by atoms with Crippen molar-refractivity contribution in [3.63, 3.8) is 0 Å². The van der Waals surface area contributed by atoms with E-state index >= 15 is 0 Å². The molecule has 0 aliphatic carbocycles. The molecule has 0 amide bonds. The topological polar surface area (TPSA) is 72.5 Å². The van der Waals surface area contributed by atoms with Crippen LogP contribution in [0.2, 0.25) is 5.02 Å². The van der Waals surface area contributed by atoms with Crippen LogP contribution in [0, 0.1) is 5.82 Å². The van der Waals surface area contributed by atoms with E-state index in [1.807, 2.05) is 0 Å². The van der Waals surface area contributed by atoms with Gasteiger partial charge in [-0.2, -0.15) is 0 Å². The molecule has 6 heteroatoms. The molecule has 88 valence electrons. The lowest BCUT2D eigenvalue weighted by Gasteiger charge is -2.12. The Hall–Kier alpha value is -1.33. The molecule has 0 saturated heterocycles. The molecule has 4 nitrogen and oxygen atoms in total. The van der Waals surface area contributed by atoms with Crippen molar-refractivity contribution in [3.8, 4) is 5.75 Å². The number of hydrogen-bond donors (Lipinski definition) is 2. The Morgan fingerprint density at radius 1 is 1.69 bits per heavy atom. The molecule has 0 saturated carbocycles. The average molecular weight is 248 g/mol. The van der Waals surface area contributed by atoms with Gasteiger partial charge in [-0.3, -0.25) is 4.79 Å². The second-order valence-electron chi connectivity index (χ2n) is 3.23. The molecule has 1 unspecified atom stereocenters. The SMILES string of the molecule is COc1c(F)cc(Cl)cc1CC(N)C(=O)O. The van der Waals surface area contributed by atoms with E-state index in [-0.39, 0.29) is 17.2 Å². The maximum absolute atomic E-state index is 13.4. The lowest BCUT2D eigenvalue weighted by Crippen LogP contribution is -2.32. The molecule has 0 aliphatic rings. The molecule has 1 aromatic rings. The van der Waals surface area contributed by atoms with Crippen LogP contribution >= 0.6 is 11.6 Å². The first-order valence-corrected chi connectivity index (χ1v) is 4.83. The monoisotopic (exact) mass is 247 g/mol. The quantitative estimate of drug-likeness (QED) is 0.845. The number of carbonyl (C=O) groups is 1. The third-order valence-corrected chi connectivity index (χ3v) is 2.26. The summed E-state index contributed by atoms with van der Waals surface area (Å²) in [7, 11) is 1.29. The number of nitrogens with two attached hydrogens (primary N) is 1. The van der Waals surface area contributed by atoms with Crippen LogP contribution in [0.5, 0.6) is 5.75 Å². The zero-order valence-electron chi connectivity index (χ0n) is 8.54. The number of hydrogen-bond acceptors (Lipinski definition) is 3. The maximum Gasteiger partial charge on any atom is 0.320 e. The standard InChI is InChI=1S/C10H11ClFNO3/c1-16-9-5(3-8(13)10(14)15)2-6(11)4-7(9)12/h2,4,8H,3,13H2,1H3,(H,14,15). The Bertz CT molecular complexity index is 411. The summed E-state index contributed by atoms with van der Waals surface area (Å²) in [5.74, 6) is -1.83. The summed E-state index contributed by atoms with van der Waals surface area (Å²) in [6.07, 6.45) is -0.0456. The Kier molecular flexibility index (Phi) is 4.09. The highest BCUT2D eigenvalue weighted by Crippen LogP contribution is 2.27. The summed E-state index contributed by atoms with van der Waals surface area (Å²) in [5, 5.41) is 8.83. The molecule has 3 N–H and O–H groups in total. The van der Waals surface area contributed by atoms with Gasteiger partial charge in [0.1, 0.15) is 6.04 Å². The zero-order valence-corrected chi connectivity index (χ0v) is 9.29. The fourth-order valence-electron chi connectivity index (χ4n) is 1.32. The van der Waals surface area contributed by atoms with Gasteiger partial charge in [0.25, 0.3) is 0 Å². The fourth-order valence-corrected chi connectivity index (χ4v) is 1.55. The summed E-state index contributed by atoms with van der Waals surface area (Å²) in [5.41, 5.74) is 5.69. The number of rotatable bonds is 4. The molecular formula is C10H11ClFNO3. The van der Waals surface area contributed by atoms with Gasteiger partial charge in [-0.15, -0.1) is 0 Å². The van der Waals surface area contributed by atoms with Crippen molar-refractivity contribution in [1.82, 2.24) is 0 Å². The summed E-state index contributed by atoms with van der Waals surface area (Å²) >= 11 is 5.66. The third kappa shape index (κ3) is 2.84. The van der Waals surface area contributed by atoms with Crippen LogP contribution in [0.15, 0.2) is 12.1 Å². The van der Waals surface area contributed by atoms with Gasteiger partial charge in [0.05, 0.1) is 7.11 Å². The predicted molar refractivity (Wildman–Crippen MR) is 57.3 cm³/mol. The Morgan fingerprint density at radius 2 is 2.31 bits per heavy atom. The molecule has 0 heterocycles. The van der Waals surface area contributed by atoms with Gasteiger partial charge < -0.3 is 15.6 Å². The van der Waals surface area contributed by atoms with Crippen molar-refractivity contribution in [2.45, 2.75) is 12.5 Å². The van der Waals surface area contributed by atoms with E-state index in [0.717, 1.165) is 6.07 Å². The number of aliphatic carboxylic acids is 1. The predicted octanol–water partition coefficient (Wildman–Crippen LogP) is 1.44. The van der Waals surface area contributed by atoms with Gasteiger partial charge in [-0.25, -0.2) is 4.39 Å². The number of ether oxygens (including phenoxy) is 1. The molecule has 1 rings (SSSR count). The number of carboxylic acid groups (broad SMARTS) is 1. The fraction of sp³-hybridized carbons (Fsp3) is 0.300. The average Bonchev–Trinajstić information content (AvgIpc) is 2.16. The minimum Gasteiger partial charge on any atom is -0.493 e. The van der Waals surface area contributed by atoms with Gasteiger partial charge in [0.15, 0.2) is 11.6 Å². The Morgan fingerprint density at radius 3 is 2.81 bits per heavy atom. The van der Waals surface area contributed by atoms with Crippen LogP contribution < -0.4 is 10.5 Å². The van der Waals surface area contributed by atoms with E-state index < -0.39 is 17.8 Å². The van der Waals surface area contributed by atoms with E-state index in [1.165, 1.54) is 13.2 Å². The third-order valence-electron chi connectivity index (χ3n) is 2.05. The zero-order chi connectivity index (χ0) is 12.3. The van der Waals surface area contributed by atoms with E-state index in [9.17, 15) is 9.18 Å². The molecule has 0 spiro atoms. The van der Waals surface area contributed by atoms with Crippen LogP contribution in [-0.4, -0.2) is 24.2 Å². The maximum atomic E-state index is 13.4. The normalized spacial score (nSPS) is 12.2.